The Bertz CT molecular complexity index is 136. The van der Waals surface area contributed by atoms with E-state index in [2.05, 4.69) is 27.7 Å². The Hall–Kier alpha value is -0.0400. The van der Waals surface area contributed by atoms with Crippen LogP contribution >= 0.6 is 0 Å². The summed E-state index contributed by atoms with van der Waals surface area (Å²) in [6.45, 7) is 10.8. The zero-order valence-corrected chi connectivity index (χ0v) is 9.98. The standard InChI is InChI=1S/C12H26O/c1-6-8-12(5,13)10-9-11(3,4)7-2/h13H,6-10H2,1-5H3. The van der Waals surface area contributed by atoms with Gasteiger partial charge in [0.25, 0.3) is 0 Å². The Morgan fingerprint density at radius 2 is 1.46 bits per heavy atom. The quantitative estimate of drug-likeness (QED) is 0.669. The lowest BCUT2D eigenvalue weighted by Crippen LogP contribution is -2.26. The van der Waals surface area contributed by atoms with Crippen LogP contribution < -0.4 is 0 Å². The zero-order chi connectivity index (χ0) is 10.5. The maximum atomic E-state index is 9.97. The molecule has 0 aliphatic heterocycles. The summed E-state index contributed by atoms with van der Waals surface area (Å²) in [4.78, 5) is 0. The summed E-state index contributed by atoms with van der Waals surface area (Å²) in [6, 6.07) is 0. The van der Waals surface area contributed by atoms with Crippen LogP contribution in [0.1, 0.15) is 66.7 Å². The highest BCUT2D eigenvalue weighted by Crippen LogP contribution is 2.30. The minimum Gasteiger partial charge on any atom is -0.390 e. The first-order valence-corrected chi connectivity index (χ1v) is 5.55. The average Bonchev–Trinajstić information content (AvgIpc) is 2.02. The Morgan fingerprint density at radius 3 is 1.85 bits per heavy atom. The molecule has 0 aromatic heterocycles. The molecule has 0 aliphatic rings. The molecule has 80 valence electrons. The maximum Gasteiger partial charge on any atom is 0.0619 e. The summed E-state index contributed by atoms with van der Waals surface area (Å²) >= 11 is 0. The molecule has 0 aromatic rings. The lowest BCUT2D eigenvalue weighted by Gasteiger charge is -2.29. The van der Waals surface area contributed by atoms with Gasteiger partial charge in [0.15, 0.2) is 0 Å². The van der Waals surface area contributed by atoms with E-state index in [1.807, 2.05) is 6.92 Å². The van der Waals surface area contributed by atoms with Crippen LogP contribution in [-0.4, -0.2) is 10.7 Å². The summed E-state index contributed by atoms with van der Waals surface area (Å²) in [5, 5.41) is 9.97. The molecule has 1 atom stereocenters. The van der Waals surface area contributed by atoms with Gasteiger partial charge in [-0.15, -0.1) is 0 Å². The van der Waals surface area contributed by atoms with Crippen LogP contribution in [0.4, 0.5) is 0 Å². The molecule has 0 rings (SSSR count). The van der Waals surface area contributed by atoms with Crippen molar-refractivity contribution >= 4 is 0 Å². The van der Waals surface area contributed by atoms with Gasteiger partial charge in [0.1, 0.15) is 0 Å². The van der Waals surface area contributed by atoms with E-state index in [0.29, 0.717) is 5.41 Å². The highest BCUT2D eigenvalue weighted by Gasteiger charge is 2.23. The van der Waals surface area contributed by atoms with E-state index in [1.165, 1.54) is 6.42 Å². The van der Waals surface area contributed by atoms with Crippen molar-refractivity contribution in [1.82, 2.24) is 0 Å². The number of hydrogen-bond donors (Lipinski definition) is 1. The van der Waals surface area contributed by atoms with E-state index >= 15 is 0 Å². The van der Waals surface area contributed by atoms with E-state index < -0.39 is 5.60 Å². The van der Waals surface area contributed by atoms with Gasteiger partial charge in [-0.3, -0.25) is 0 Å². The fraction of sp³-hybridized carbons (Fsp3) is 1.00. The summed E-state index contributed by atoms with van der Waals surface area (Å²) in [7, 11) is 0. The molecule has 0 radical (unpaired) electrons. The van der Waals surface area contributed by atoms with Crippen molar-refractivity contribution in [2.75, 3.05) is 0 Å². The fourth-order valence-corrected chi connectivity index (χ4v) is 1.45. The second-order valence-corrected chi connectivity index (χ2v) is 5.26. The number of aliphatic hydroxyl groups is 1. The number of hydrogen-bond acceptors (Lipinski definition) is 1. The highest BCUT2D eigenvalue weighted by atomic mass is 16.3. The van der Waals surface area contributed by atoms with E-state index in [0.717, 1.165) is 25.7 Å². The summed E-state index contributed by atoms with van der Waals surface area (Å²) in [5.41, 5.74) is -0.0566. The molecule has 0 fully saturated rings. The van der Waals surface area contributed by atoms with Crippen molar-refractivity contribution in [2.45, 2.75) is 72.3 Å². The van der Waals surface area contributed by atoms with Gasteiger partial charge in [0.05, 0.1) is 5.60 Å². The van der Waals surface area contributed by atoms with Crippen LogP contribution in [0.3, 0.4) is 0 Å². The van der Waals surface area contributed by atoms with Gasteiger partial charge >= 0.3 is 0 Å². The van der Waals surface area contributed by atoms with Crippen LogP contribution in [0, 0.1) is 5.41 Å². The largest absolute Gasteiger partial charge is 0.390 e. The first kappa shape index (κ1) is 13.0. The Balaban J connectivity index is 3.86. The normalized spacial score (nSPS) is 17.1. The summed E-state index contributed by atoms with van der Waals surface area (Å²) in [5.74, 6) is 0. The van der Waals surface area contributed by atoms with Crippen LogP contribution in [0.5, 0.6) is 0 Å². The van der Waals surface area contributed by atoms with Crippen LogP contribution in [0.25, 0.3) is 0 Å². The summed E-state index contributed by atoms with van der Waals surface area (Å²) < 4.78 is 0. The van der Waals surface area contributed by atoms with Crippen molar-refractivity contribution < 1.29 is 5.11 Å². The molecule has 0 aromatic carbocycles. The maximum absolute atomic E-state index is 9.97. The van der Waals surface area contributed by atoms with Gasteiger partial charge < -0.3 is 5.11 Å². The molecule has 1 nitrogen and oxygen atoms in total. The molecule has 0 heterocycles. The lowest BCUT2D eigenvalue weighted by atomic mass is 9.80. The third-order valence-corrected chi connectivity index (χ3v) is 3.09. The second-order valence-electron chi connectivity index (χ2n) is 5.26. The van der Waals surface area contributed by atoms with Crippen molar-refractivity contribution in [3.8, 4) is 0 Å². The van der Waals surface area contributed by atoms with Crippen LogP contribution in [0.15, 0.2) is 0 Å². The van der Waals surface area contributed by atoms with E-state index in [9.17, 15) is 5.11 Å². The molecule has 0 amide bonds. The van der Waals surface area contributed by atoms with Gasteiger partial charge in [-0.1, -0.05) is 40.5 Å². The van der Waals surface area contributed by atoms with E-state index in [4.69, 9.17) is 0 Å². The van der Waals surface area contributed by atoms with Gasteiger partial charge in [-0.05, 0) is 31.6 Å². The molecule has 1 unspecified atom stereocenters. The predicted molar refractivity (Wildman–Crippen MR) is 58.8 cm³/mol. The first-order chi connectivity index (χ1) is 5.83. The van der Waals surface area contributed by atoms with Gasteiger partial charge in [0, 0.05) is 0 Å². The second kappa shape index (κ2) is 4.99. The predicted octanol–water partition coefficient (Wildman–Crippen LogP) is 3.75. The Morgan fingerprint density at radius 1 is 0.923 bits per heavy atom. The molecule has 13 heavy (non-hydrogen) atoms. The average molecular weight is 186 g/mol. The first-order valence-electron chi connectivity index (χ1n) is 5.55. The molecular formula is C12H26O. The third kappa shape index (κ3) is 6.09. The molecule has 1 heteroatoms. The smallest absolute Gasteiger partial charge is 0.0619 e. The van der Waals surface area contributed by atoms with Gasteiger partial charge in [-0.25, -0.2) is 0 Å². The fourth-order valence-electron chi connectivity index (χ4n) is 1.45. The van der Waals surface area contributed by atoms with Crippen molar-refractivity contribution in [3.05, 3.63) is 0 Å². The molecule has 0 spiro atoms. The van der Waals surface area contributed by atoms with Gasteiger partial charge in [0.2, 0.25) is 0 Å². The SMILES string of the molecule is CCCC(C)(O)CCC(C)(C)CC. The molecule has 0 aliphatic carbocycles. The van der Waals surface area contributed by atoms with Crippen molar-refractivity contribution in [2.24, 2.45) is 5.41 Å². The molecular weight excluding hydrogens is 160 g/mol. The van der Waals surface area contributed by atoms with Gasteiger partial charge in [-0.2, -0.15) is 0 Å². The summed E-state index contributed by atoms with van der Waals surface area (Å²) in [6.07, 6.45) is 5.24. The van der Waals surface area contributed by atoms with Crippen molar-refractivity contribution in [1.29, 1.82) is 0 Å². The van der Waals surface area contributed by atoms with Crippen LogP contribution in [-0.2, 0) is 0 Å². The number of rotatable bonds is 6. The third-order valence-electron chi connectivity index (χ3n) is 3.09. The Kier molecular flexibility index (Phi) is 4.98. The highest BCUT2D eigenvalue weighted by molar-refractivity contribution is 4.76. The van der Waals surface area contributed by atoms with E-state index in [-0.39, 0.29) is 0 Å². The lowest BCUT2D eigenvalue weighted by molar-refractivity contribution is 0.0284. The molecule has 0 bridgehead atoms. The monoisotopic (exact) mass is 186 g/mol. The molecule has 0 saturated heterocycles. The molecule has 0 saturated carbocycles. The minimum atomic E-state index is -0.443. The minimum absolute atomic E-state index is 0.387. The topological polar surface area (TPSA) is 20.2 Å². The van der Waals surface area contributed by atoms with Crippen molar-refractivity contribution in [3.63, 3.8) is 0 Å². The van der Waals surface area contributed by atoms with Crippen LogP contribution in [0.2, 0.25) is 0 Å². The van der Waals surface area contributed by atoms with E-state index in [1.54, 1.807) is 0 Å². The Labute approximate surface area is 83.5 Å². The zero-order valence-electron chi connectivity index (χ0n) is 9.98. The molecule has 1 N–H and O–H groups in total.